The van der Waals surface area contributed by atoms with Crippen LogP contribution in [0.5, 0.6) is 5.75 Å². The number of hydrogen-bond donors (Lipinski definition) is 2. The van der Waals surface area contributed by atoms with Gasteiger partial charge in [-0.25, -0.2) is 4.99 Å². The lowest BCUT2D eigenvalue weighted by molar-refractivity contribution is 0.145. The molecule has 0 unspecified atom stereocenters. The molecule has 0 fully saturated rings. The molecule has 112 valence electrons. The standard InChI is InChI=1S/C15H25N3O2/c1-4-20-9-5-8-17-15(16)18-11-13-7-6-12(2)10-14(13)19-3/h6-7,10H,4-5,8-9,11H2,1-3H3,(H3,16,17,18). The number of ether oxygens (including phenoxy) is 2. The largest absolute Gasteiger partial charge is 0.496 e. The van der Waals surface area contributed by atoms with E-state index in [-0.39, 0.29) is 0 Å². The third-order valence-electron chi connectivity index (χ3n) is 2.84. The lowest BCUT2D eigenvalue weighted by Crippen LogP contribution is -2.32. The van der Waals surface area contributed by atoms with Gasteiger partial charge in [-0.3, -0.25) is 0 Å². The highest BCUT2D eigenvalue weighted by Crippen LogP contribution is 2.20. The molecule has 0 saturated carbocycles. The Hall–Kier alpha value is -1.75. The summed E-state index contributed by atoms with van der Waals surface area (Å²) in [6, 6.07) is 6.05. The number of aryl methyl sites for hydroxylation is 1. The van der Waals surface area contributed by atoms with E-state index in [0.717, 1.165) is 43.1 Å². The Morgan fingerprint density at radius 2 is 2.20 bits per heavy atom. The Labute approximate surface area is 121 Å². The van der Waals surface area contributed by atoms with Crippen molar-refractivity contribution in [3.63, 3.8) is 0 Å². The topological polar surface area (TPSA) is 68.9 Å². The number of benzene rings is 1. The molecule has 0 aliphatic rings. The monoisotopic (exact) mass is 279 g/mol. The highest BCUT2D eigenvalue weighted by molar-refractivity contribution is 5.77. The number of aliphatic imine (C=N–C) groups is 1. The van der Waals surface area contributed by atoms with Gasteiger partial charge in [-0.1, -0.05) is 12.1 Å². The average molecular weight is 279 g/mol. The van der Waals surface area contributed by atoms with Gasteiger partial charge in [-0.15, -0.1) is 0 Å². The van der Waals surface area contributed by atoms with Gasteiger partial charge in [-0.05, 0) is 31.9 Å². The van der Waals surface area contributed by atoms with Crippen LogP contribution in [0.25, 0.3) is 0 Å². The summed E-state index contributed by atoms with van der Waals surface area (Å²) in [6.07, 6.45) is 0.915. The first-order chi connectivity index (χ1) is 9.67. The van der Waals surface area contributed by atoms with Crippen LogP contribution >= 0.6 is 0 Å². The molecule has 1 aromatic carbocycles. The van der Waals surface area contributed by atoms with Crippen molar-refractivity contribution in [3.8, 4) is 5.75 Å². The lowest BCUT2D eigenvalue weighted by Gasteiger charge is -2.09. The number of nitrogens with zero attached hydrogens (tertiary/aromatic N) is 1. The van der Waals surface area contributed by atoms with Crippen LogP contribution in [-0.4, -0.2) is 32.8 Å². The van der Waals surface area contributed by atoms with Crippen molar-refractivity contribution in [3.05, 3.63) is 29.3 Å². The van der Waals surface area contributed by atoms with E-state index in [9.17, 15) is 0 Å². The van der Waals surface area contributed by atoms with Gasteiger partial charge in [0.2, 0.25) is 0 Å². The van der Waals surface area contributed by atoms with Crippen molar-refractivity contribution in [1.29, 1.82) is 0 Å². The molecule has 0 saturated heterocycles. The zero-order valence-electron chi connectivity index (χ0n) is 12.6. The summed E-state index contributed by atoms with van der Waals surface area (Å²) in [5, 5.41) is 3.07. The number of nitrogens with one attached hydrogen (secondary N) is 1. The van der Waals surface area contributed by atoms with E-state index in [0.29, 0.717) is 12.5 Å². The molecule has 0 aliphatic carbocycles. The van der Waals surface area contributed by atoms with Crippen molar-refractivity contribution in [2.75, 3.05) is 26.9 Å². The van der Waals surface area contributed by atoms with Gasteiger partial charge in [0.25, 0.3) is 0 Å². The Kier molecular flexibility index (Phi) is 7.50. The molecule has 5 nitrogen and oxygen atoms in total. The van der Waals surface area contributed by atoms with Crippen molar-refractivity contribution in [2.24, 2.45) is 10.7 Å². The van der Waals surface area contributed by atoms with Crippen molar-refractivity contribution in [2.45, 2.75) is 26.8 Å². The minimum absolute atomic E-state index is 0.448. The molecular weight excluding hydrogens is 254 g/mol. The molecule has 0 amide bonds. The third-order valence-corrected chi connectivity index (χ3v) is 2.84. The lowest BCUT2D eigenvalue weighted by atomic mass is 10.1. The second-order valence-corrected chi connectivity index (χ2v) is 4.49. The molecule has 20 heavy (non-hydrogen) atoms. The summed E-state index contributed by atoms with van der Waals surface area (Å²) in [6.45, 7) is 6.77. The maximum atomic E-state index is 5.81. The number of methoxy groups -OCH3 is 1. The van der Waals surface area contributed by atoms with Gasteiger partial charge < -0.3 is 20.5 Å². The summed E-state index contributed by atoms with van der Waals surface area (Å²) < 4.78 is 10.6. The van der Waals surface area contributed by atoms with Gasteiger partial charge in [0.15, 0.2) is 5.96 Å². The van der Waals surface area contributed by atoms with Crippen LogP contribution in [0.2, 0.25) is 0 Å². The molecule has 0 radical (unpaired) electrons. The molecular formula is C15H25N3O2. The molecule has 0 aliphatic heterocycles. The second kappa shape index (κ2) is 9.20. The van der Waals surface area contributed by atoms with Crippen LogP contribution < -0.4 is 15.8 Å². The maximum absolute atomic E-state index is 5.81. The maximum Gasteiger partial charge on any atom is 0.188 e. The van der Waals surface area contributed by atoms with E-state index in [1.54, 1.807) is 7.11 Å². The van der Waals surface area contributed by atoms with Gasteiger partial charge in [0.05, 0.1) is 13.7 Å². The Bertz CT molecular complexity index is 433. The molecule has 0 aromatic heterocycles. The second-order valence-electron chi connectivity index (χ2n) is 4.49. The van der Waals surface area contributed by atoms with E-state index in [2.05, 4.69) is 10.3 Å². The molecule has 1 aromatic rings. The Morgan fingerprint density at radius 3 is 2.90 bits per heavy atom. The van der Waals surface area contributed by atoms with Gasteiger partial charge in [0.1, 0.15) is 5.75 Å². The number of rotatable bonds is 8. The normalized spacial score (nSPS) is 11.4. The first kappa shape index (κ1) is 16.3. The van der Waals surface area contributed by atoms with Crippen molar-refractivity contribution >= 4 is 5.96 Å². The molecule has 0 spiro atoms. The Balaban J connectivity index is 2.42. The number of hydrogen-bond acceptors (Lipinski definition) is 3. The highest BCUT2D eigenvalue weighted by atomic mass is 16.5. The molecule has 1 rings (SSSR count). The summed E-state index contributed by atoms with van der Waals surface area (Å²) in [7, 11) is 1.66. The van der Waals surface area contributed by atoms with E-state index in [1.165, 1.54) is 0 Å². The van der Waals surface area contributed by atoms with E-state index in [1.807, 2.05) is 32.0 Å². The van der Waals surface area contributed by atoms with Gasteiger partial charge in [-0.2, -0.15) is 0 Å². The fourth-order valence-corrected chi connectivity index (χ4v) is 1.74. The molecule has 0 bridgehead atoms. The van der Waals surface area contributed by atoms with Crippen LogP contribution in [0.1, 0.15) is 24.5 Å². The summed E-state index contributed by atoms with van der Waals surface area (Å²) >= 11 is 0. The van der Waals surface area contributed by atoms with Crippen LogP contribution in [-0.2, 0) is 11.3 Å². The highest BCUT2D eigenvalue weighted by Gasteiger charge is 2.02. The SMILES string of the molecule is CCOCCCNC(N)=NCc1ccc(C)cc1OC. The first-order valence-electron chi connectivity index (χ1n) is 6.92. The zero-order chi connectivity index (χ0) is 14.8. The number of nitrogens with two attached hydrogens (primary N) is 1. The van der Waals surface area contributed by atoms with Crippen LogP contribution in [0.15, 0.2) is 23.2 Å². The van der Waals surface area contributed by atoms with Gasteiger partial charge in [0, 0.05) is 25.3 Å². The summed E-state index contributed by atoms with van der Waals surface area (Å²) in [4.78, 5) is 4.31. The quantitative estimate of drug-likeness (QED) is 0.433. The van der Waals surface area contributed by atoms with Crippen molar-refractivity contribution in [1.82, 2.24) is 5.32 Å². The fourth-order valence-electron chi connectivity index (χ4n) is 1.74. The van der Waals surface area contributed by atoms with E-state index >= 15 is 0 Å². The fraction of sp³-hybridized carbons (Fsp3) is 0.533. The minimum atomic E-state index is 0.448. The van der Waals surface area contributed by atoms with Crippen LogP contribution in [0.3, 0.4) is 0 Å². The molecule has 5 heteroatoms. The average Bonchev–Trinajstić information content (AvgIpc) is 2.45. The van der Waals surface area contributed by atoms with Crippen LogP contribution in [0, 0.1) is 6.92 Å². The van der Waals surface area contributed by atoms with Crippen LogP contribution in [0.4, 0.5) is 0 Å². The molecule has 0 heterocycles. The zero-order valence-corrected chi connectivity index (χ0v) is 12.6. The smallest absolute Gasteiger partial charge is 0.188 e. The Morgan fingerprint density at radius 1 is 1.40 bits per heavy atom. The predicted octanol–water partition coefficient (Wildman–Crippen LogP) is 1.83. The van der Waals surface area contributed by atoms with E-state index in [4.69, 9.17) is 15.2 Å². The summed E-state index contributed by atoms with van der Waals surface area (Å²) in [5.74, 6) is 1.29. The predicted molar refractivity (Wildman–Crippen MR) is 82.2 cm³/mol. The van der Waals surface area contributed by atoms with E-state index < -0.39 is 0 Å². The molecule has 0 atom stereocenters. The molecule has 3 N–H and O–H groups in total. The van der Waals surface area contributed by atoms with Gasteiger partial charge >= 0.3 is 0 Å². The summed E-state index contributed by atoms with van der Waals surface area (Å²) in [5.41, 5.74) is 8.00. The first-order valence-corrected chi connectivity index (χ1v) is 6.92. The third kappa shape index (κ3) is 5.93. The number of guanidine groups is 1. The van der Waals surface area contributed by atoms with Crippen molar-refractivity contribution < 1.29 is 9.47 Å². The minimum Gasteiger partial charge on any atom is -0.496 e.